The number of halogens is 1. The maximum Gasteiger partial charge on any atom is 0.260 e. The van der Waals surface area contributed by atoms with Gasteiger partial charge in [0, 0.05) is 16.1 Å². The van der Waals surface area contributed by atoms with Crippen LogP contribution >= 0.6 is 11.3 Å². The lowest BCUT2D eigenvalue weighted by Gasteiger charge is -2.02. The molecule has 0 amide bonds. The van der Waals surface area contributed by atoms with E-state index in [9.17, 15) is 9.18 Å². The zero-order valence-corrected chi connectivity index (χ0v) is 14.7. The van der Waals surface area contributed by atoms with Crippen molar-refractivity contribution >= 4 is 21.6 Å². The van der Waals surface area contributed by atoms with Gasteiger partial charge in [0.15, 0.2) is 11.6 Å². The molecule has 7 heteroatoms. The molecule has 0 saturated carbocycles. The molecule has 0 radical (unpaired) electrons. The third kappa shape index (κ3) is 2.56. The van der Waals surface area contributed by atoms with Crippen LogP contribution in [0.15, 0.2) is 29.1 Å². The first-order valence-electron chi connectivity index (χ1n) is 7.77. The molecule has 3 heterocycles. The van der Waals surface area contributed by atoms with E-state index in [1.807, 2.05) is 20.8 Å². The number of hydrogen-bond donors (Lipinski definition) is 2. The minimum absolute atomic E-state index is 0.226. The van der Waals surface area contributed by atoms with Crippen molar-refractivity contribution in [2.45, 2.75) is 20.8 Å². The Hall–Kier alpha value is -2.80. The van der Waals surface area contributed by atoms with Crippen LogP contribution in [0.4, 0.5) is 4.39 Å². The summed E-state index contributed by atoms with van der Waals surface area (Å²) < 4.78 is 13.2. The fourth-order valence-electron chi connectivity index (χ4n) is 2.85. The lowest BCUT2D eigenvalue weighted by atomic mass is 10.0. The molecule has 1 aromatic carbocycles. The molecule has 0 bridgehead atoms. The molecule has 2 N–H and O–H groups in total. The van der Waals surface area contributed by atoms with Gasteiger partial charge in [-0.05, 0) is 38.5 Å². The second kappa shape index (κ2) is 5.63. The Kier molecular flexibility index (Phi) is 3.54. The lowest BCUT2D eigenvalue weighted by Crippen LogP contribution is -2.09. The molecule has 0 unspecified atom stereocenters. The fraction of sp³-hybridized carbons (Fsp3) is 0.167. The van der Waals surface area contributed by atoms with E-state index >= 15 is 0 Å². The van der Waals surface area contributed by atoms with Crippen molar-refractivity contribution in [3.63, 3.8) is 0 Å². The monoisotopic (exact) mass is 354 g/mol. The summed E-state index contributed by atoms with van der Waals surface area (Å²) in [6, 6.07) is 6.14. The molecule has 5 nitrogen and oxygen atoms in total. The number of imidazole rings is 1. The second-order valence-electron chi connectivity index (χ2n) is 5.93. The number of hydrogen-bond acceptors (Lipinski definition) is 4. The number of aromatic nitrogens is 4. The van der Waals surface area contributed by atoms with E-state index in [-0.39, 0.29) is 11.4 Å². The highest BCUT2D eigenvalue weighted by Gasteiger charge is 2.18. The van der Waals surface area contributed by atoms with Gasteiger partial charge in [-0.1, -0.05) is 12.1 Å². The highest BCUT2D eigenvalue weighted by atomic mass is 32.1. The van der Waals surface area contributed by atoms with Gasteiger partial charge >= 0.3 is 0 Å². The molecule has 25 heavy (non-hydrogen) atoms. The summed E-state index contributed by atoms with van der Waals surface area (Å²) in [5.41, 5.74) is 3.18. The van der Waals surface area contributed by atoms with E-state index in [1.165, 1.54) is 23.5 Å². The Morgan fingerprint density at radius 1 is 1.00 bits per heavy atom. The minimum atomic E-state index is -0.307. The number of aromatic amines is 2. The normalized spacial score (nSPS) is 11.4. The van der Waals surface area contributed by atoms with Gasteiger partial charge in [-0.2, -0.15) is 0 Å². The topological polar surface area (TPSA) is 74.4 Å². The van der Waals surface area contributed by atoms with Crippen molar-refractivity contribution in [1.82, 2.24) is 19.9 Å². The summed E-state index contributed by atoms with van der Waals surface area (Å²) in [6.45, 7) is 5.75. The molecular formula is C18H15FN4OS. The fourth-order valence-corrected chi connectivity index (χ4v) is 3.90. The molecule has 0 saturated heterocycles. The number of rotatable bonds is 2. The summed E-state index contributed by atoms with van der Waals surface area (Å²) in [5, 5.41) is 0.526. The van der Waals surface area contributed by atoms with Gasteiger partial charge in [0.1, 0.15) is 10.6 Å². The Labute approximate surface area is 146 Å². The zero-order valence-electron chi connectivity index (χ0n) is 13.9. The number of fused-ring (bicyclic) bond motifs is 1. The van der Waals surface area contributed by atoms with Gasteiger partial charge in [0.25, 0.3) is 5.56 Å². The van der Waals surface area contributed by atoms with Crippen LogP contribution in [0.25, 0.3) is 33.0 Å². The third-order valence-electron chi connectivity index (χ3n) is 4.22. The summed E-state index contributed by atoms with van der Waals surface area (Å²) in [5.74, 6) is 0.655. The van der Waals surface area contributed by atoms with Crippen LogP contribution in [0.3, 0.4) is 0 Å². The second-order valence-corrected chi connectivity index (χ2v) is 7.13. The van der Waals surface area contributed by atoms with Crippen LogP contribution < -0.4 is 5.56 Å². The molecule has 0 aliphatic carbocycles. The van der Waals surface area contributed by atoms with E-state index in [0.29, 0.717) is 21.9 Å². The molecule has 0 spiro atoms. The third-order valence-corrected chi connectivity index (χ3v) is 5.22. The molecule has 4 aromatic rings. The van der Waals surface area contributed by atoms with Crippen LogP contribution in [0, 0.1) is 26.6 Å². The van der Waals surface area contributed by atoms with Crippen molar-refractivity contribution in [1.29, 1.82) is 0 Å². The van der Waals surface area contributed by atoms with Crippen molar-refractivity contribution in [2.75, 3.05) is 0 Å². The largest absolute Gasteiger partial charge is 0.339 e. The zero-order chi connectivity index (χ0) is 17.7. The molecule has 0 aliphatic heterocycles. The first-order valence-corrected chi connectivity index (χ1v) is 8.58. The Morgan fingerprint density at radius 3 is 2.32 bits per heavy atom. The maximum absolute atomic E-state index is 13.2. The van der Waals surface area contributed by atoms with Crippen LogP contribution in [0.2, 0.25) is 0 Å². The first-order chi connectivity index (χ1) is 11.9. The number of nitrogens with one attached hydrogen (secondary N) is 2. The van der Waals surface area contributed by atoms with Crippen molar-refractivity contribution in [2.24, 2.45) is 0 Å². The average Bonchev–Trinajstić information content (AvgIpc) is 3.08. The molecular weight excluding hydrogens is 339 g/mol. The van der Waals surface area contributed by atoms with Gasteiger partial charge in [-0.25, -0.2) is 14.4 Å². The molecule has 4 rings (SSSR count). The number of H-pyrrole nitrogens is 2. The molecule has 3 aromatic heterocycles. The van der Waals surface area contributed by atoms with E-state index < -0.39 is 0 Å². The van der Waals surface area contributed by atoms with Gasteiger partial charge in [0.2, 0.25) is 0 Å². The SMILES string of the molecule is Cc1nc(-c2nc3sc(C)c(-c4ccc(F)cc4)c3c(=O)[nH]2)[nH]c1C. The molecule has 0 fully saturated rings. The van der Waals surface area contributed by atoms with Crippen molar-refractivity contribution in [3.8, 4) is 22.8 Å². The predicted octanol–water partition coefficient (Wildman–Crippen LogP) is 4.11. The first kappa shape index (κ1) is 15.7. The average molecular weight is 354 g/mol. The van der Waals surface area contributed by atoms with E-state index in [4.69, 9.17) is 0 Å². The summed E-state index contributed by atoms with van der Waals surface area (Å²) >= 11 is 1.45. The van der Waals surface area contributed by atoms with Crippen LogP contribution in [0.5, 0.6) is 0 Å². The Morgan fingerprint density at radius 2 is 1.68 bits per heavy atom. The van der Waals surface area contributed by atoms with Gasteiger partial charge in [-0.15, -0.1) is 11.3 Å². The number of thiophene rings is 1. The number of aryl methyl sites for hydroxylation is 3. The number of benzene rings is 1. The van der Waals surface area contributed by atoms with Gasteiger partial charge < -0.3 is 9.97 Å². The Bertz CT molecular complexity index is 1130. The molecule has 0 aliphatic rings. The predicted molar refractivity (Wildman–Crippen MR) is 97.4 cm³/mol. The van der Waals surface area contributed by atoms with Crippen LogP contribution in [-0.4, -0.2) is 19.9 Å². The van der Waals surface area contributed by atoms with E-state index in [0.717, 1.165) is 27.4 Å². The van der Waals surface area contributed by atoms with Gasteiger partial charge in [0.05, 0.1) is 11.1 Å². The Balaban J connectivity index is 1.95. The number of nitrogens with zero attached hydrogens (tertiary/aromatic N) is 2. The molecule has 0 atom stereocenters. The smallest absolute Gasteiger partial charge is 0.260 e. The van der Waals surface area contributed by atoms with E-state index in [2.05, 4.69) is 19.9 Å². The standard InChI is InChI=1S/C18H15FN4OS/c1-8-9(2)21-15(20-8)16-22-17(24)14-13(10(3)25-18(14)23-16)11-4-6-12(19)7-5-11/h4-7H,1-3H3,(H,20,21)(H,22,23,24). The highest BCUT2D eigenvalue weighted by Crippen LogP contribution is 2.36. The minimum Gasteiger partial charge on any atom is -0.339 e. The van der Waals surface area contributed by atoms with Gasteiger partial charge in [-0.3, -0.25) is 4.79 Å². The van der Waals surface area contributed by atoms with Crippen molar-refractivity contribution < 1.29 is 4.39 Å². The highest BCUT2D eigenvalue weighted by molar-refractivity contribution is 7.19. The molecule has 126 valence electrons. The van der Waals surface area contributed by atoms with Crippen molar-refractivity contribution in [3.05, 3.63) is 56.7 Å². The lowest BCUT2D eigenvalue weighted by molar-refractivity contribution is 0.628. The van der Waals surface area contributed by atoms with Crippen LogP contribution in [0.1, 0.15) is 16.3 Å². The quantitative estimate of drug-likeness (QED) is 0.569. The van der Waals surface area contributed by atoms with E-state index in [1.54, 1.807) is 12.1 Å². The van der Waals surface area contributed by atoms with Crippen LogP contribution in [-0.2, 0) is 0 Å². The summed E-state index contributed by atoms with van der Waals surface area (Å²) in [7, 11) is 0. The maximum atomic E-state index is 13.2. The summed E-state index contributed by atoms with van der Waals surface area (Å²) in [4.78, 5) is 29.3. The summed E-state index contributed by atoms with van der Waals surface area (Å²) in [6.07, 6.45) is 0.